The topological polar surface area (TPSA) is 61.3 Å². The summed E-state index contributed by atoms with van der Waals surface area (Å²) in [4.78, 5) is 9.83. The van der Waals surface area contributed by atoms with Gasteiger partial charge in [-0.05, 0) is 82.2 Å². The molecule has 0 fully saturated rings. The molecule has 0 amide bonds. The van der Waals surface area contributed by atoms with Gasteiger partial charge in [0.05, 0.1) is 16.9 Å². The largest absolute Gasteiger partial charge is 2.00 e. The van der Waals surface area contributed by atoms with Crippen molar-refractivity contribution in [3.63, 3.8) is 0 Å². The van der Waals surface area contributed by atoms with E-state index in [-0.39, 0.29) is 31.9 Å². The second kappa shape index (κ2) is 14.6. The average Bonchev–Trinajstić information content (AvgIpc) is 3.66. The summed E-state index contributed by atoms with van der Waals surface area (Å²) in [6, 6.07) is 30.3. The Morgan fingerprint density at radius 2 is 1.37 bits per heavy atom. The van der Waals surface area contributed by atoms with Gasteiger partial charge in [0.2, 0.25) is 0 Å². The van der Waals surface area contributed by atoms with Crippen molar-refractivity contribution >= 4 is 22.1 Å². The third-order valence-corrected chi connectivity index (χ3v) is 10.3. The number of nitrogens with zero attached hydrogens (tertiary/aromatic N) is 2. The molecule has 0 saturated carbocycles. The van der Waals surface area contributed by atoms with Crippen LogP contribution >= 0.6 is 0 Å². The molecule has 0 spiro atoms. The minimum Gasteiger partial charge on any atom is -0.496 e. The molecule has 6 heteroatoms. The number of hydrogen-bond acceptors (Lipinski definition) is 5. The van der Waals surface area contributed by atoms with Crippen LogP contribution in [-0.4, -0.2) is 9.97 Å². The predicted molar refractivity (Wildman–Crippen MR) is 217 cm³/mol. The van der Waals surface area contributed by atoms with Gasteiger partial charge in [-0.15, -0.1) is 17.2 Å². The minimum absolute atomic E-state index is 0. The van der Waals surface area contributed by atoms with E-state index in [1.807, 2.05) is 25.3 Å². The molecule has 0 aliphatic carbocycles. The normalized spacial score (nSPS) is 12.3. The Kier molecular flexibility index (Phi) is 10.6. The molecule has 0 N–H and O–H groups in total. The van der Waals surface area contributed by atoms with Crippen LogP contribution < -0.4 is 4.74 Å². The van der Waals surface area contributed by atoms with E-state index in [0.717, 1.165) is 50.2 Å². The monoisotopic (exact) mass is 897 g/mol. The molecule has 4 aromatic carbocycles. The van der Waals surface area contributed by atoms with Crippen molar-refractivity contribution in [3.05, 3.63) is 119 Å². The van der Waals surface area contributed by atoms with E-state index in [1.54, 1.807) is 0 Å². The van der Waals surface area contributed by atoms with Crippen molar-refractivity contribution < 1.29 is 34.6 Å². The molecule has 3 heterocycles. The number of benzene rings is 4. The molecule has 0 aliphatic rings. The molecular weight excluding hydrogens is 848 g/mol. The summed E-state index contributed by atoms with van der Waals surface area (Å²) < 4.78 is 19.8. The van der Waals surface area contributed by atoms with Crippen molar-refractivity contribution in [3.8, 4) is 45.3 Å². The number of pyridine rings is 1. The number of rotatable bonds is 7. The van der Waals surface area contributed by atoms with Crippen LogP contribution in [-0.2, 0) is 31.9 Å². The average molecular weight is 898 g/mol. The third-order valence-electron chi connectivity index (χ3n) is 10.3. The van der Waals surface area contributed by atoms with Crippen molar-refractivity contribution in [1.82, 2.24) is 9.97 Å². The quantitative estimate of drug-likeness (QED) is 0.149. The summed E-state index contributed by atoms with van der Waals surface area (Å²) in [7, 11) is 0. The molecule has 3 aromatic heterocycles. The van der Waals surface area contributed by atoms with Crippen molar-refractivity contribution in [1.29, 1.82) is 0 Å². The zero-order chi connectivity index (χ0) is 38.0. The second-order valence-electron chi connectivity index (χ2n) is 17.0. The van der Waals surface area contributed by atoms with Crippen molar-refractivity contribution in [2.45, 2.75) is 106 Å². The van der Waals surface area contributed by atoms with E-state index in [4.69, 9.17) is 23.5 Å². The minimum atomic E-state index is -0.142. The van der Waals surface area contributed by atoms with Crippen molar-refractivity contribution in [2.24, 2.45) is 0 Å². The van der Waals surface area contributed by atoms with Crippen LogP contribution in [0.3, 0.4) is 0 Å². The Morgan fingerprint density at radius 3 is 2.02 bits per heavy atom. The van der Waals surface area contributed by atoms with Crippen LogP contribution in [0.4, 0.5) is 0 Å². The molecule has 5 nitrogen and oxygen atoms in total. The number of aryl methyl sites for hydroxylation is 2. The smallest absolute Gasteiger partial charge is 0.496 e. The number of para-hydroxylation sites is 1. The first-order chi connectivity index (χ1) is 25.0. The maximum Gasteiger partial charge on any atom is 2.00 e. The van der Waals surface area contributed by atoms with Crippen LogP contribution in [0, 0.1) is 26.0 Å². The van der Waals surface area contributed by atoms with E-state index in [9.17, 15) is 0 Å². The van der Waals surface area contributed by atoms with Gasteiger partial charge in [-0.3, -0.25) is 4.98 Å². The molecule has 0 aliphatic heterocycles. The first-order valence-corrected chi connectivity index (χ1v) is 18.7. The predicted octanol–water partition coefficient (Wildman–Crippen LogP) is 13.8. The summed E-state index contributed by atoms with van der Waals surface area (Å²) in [5.41, 5.74) is 12.7. The fraction of sp³-hybridized carbons (Fsp3) is 0.333. The Balaban J connectivity index is 0.00000497. The van der Waals surface area contributed by atoms with Gasteiger partial charge in [-0.1, -0.05) is 141 Å². The Hall–Kier alpha value is -4.47. The van der Waals surface area contributed by atoms with E-state index >= 15 is 0 Å². The maximum absolute atomic E-state index is 6.81. The maximum atomic E-state index is 6.81. The second-order valence-corrected chi connectivity index (χ2v) is 17.0. The first-order valence-electron chi connectivity index (χ1n) is 18.7. The Morgan fingerprint density at radius 1 is 0.722 bits per heavy atom. The molecule has 0 radical (unpaired) electrons. The van der Waals surface area contributed by atoms with Gasteiger partial charge in [0, 0.05) is 23.3 Å². The molecule has 0 bridgehead atoms. The van der Waals surface area contributed by atoms with Crippen LogP contribution in [0.5, 0.6) is 11.5 Å². The van der Waals surface area contributed by atoms with Crippen LogP contribution in [0.25, 0.3) is 55.9 Å². The van der Waals surface area contributed by atoms with Gasteiger partial charge < -0.3 is 18.6 Å². The zero-order valence-corrected chi connectivity index (χ0v) is 35.8. The molecule has 0 saturated heterocycles. The Bertz CT molecular complexity index is 2460. The molecule has 7 rings (SSSR count). The van der Waals surface area contributed by atoms with E-state index in [2.05, 4.69) is 143 Å². The molecular formula is C48H50N2O3Pt. The standard InChI is InChI=1S/C48H50N2O3.Pt/c1-27(2)36-15-13-16-37(28(3)4)44(36)38-17-14-18-40-45(38)53-46(50-40)39-25-35(26-42-43(39)29(5)30(6)51-42)52-34-22-31(21-33(23-34)48(10,11)12)41-24-32(19-20-49-41)47(7,8)9;/h13-21,23-24,26-28H,1-12H3;/q-2;+2. The van der Waals surface area contributed by atoms with Gasteiger partial charge in [-0.2, -0.15) is 0 Å². The first kappa shape index (κ1) is 39.2. The van der Waals surface area contributed by atoms with Crippen LogP contribution in [0.1, 0.15) is 115 Å². The number of fused-ring (bicyclic) bond motifs is 2. The number of oxazole rings is 1. The van der Waals surface area contributed by atoms with Crippen LogP contribution in [0.2, 0.25) is 0 Å². The third kappa shape index (κ3) is 7.45. The molecule has 280 valence electrons. The number of ether oxygens (including phenoxy) is 1. The SMILES string of the molecule is Cc1oc2cc(Oc3[c-]c(-c4cc(C(C)(C)C)ccn4)cc(C(C)(C)C)c3)[c-]c(-c3nc4cccc(-c5c(C(C)C)cccc5C(C)C)c4o3)c2c1C.[Pt+2]. The summed E-state index contributed by atoms with van der Waals surface area (Å²) in [6.07, 6.45) is 1.88. The summed E-state index contributed by atoms with van der Waals surface area (Å²) in [6.45, 7) is 26.2. The number of furan rings is 1. The van der Waals surface area contributed by atoms with Gasteiger partial charge in [-0.25, -0.2) is 0 Å². The zero-order valence-electron chi connectivity index (χ0n) is 33.5. The molecule has 7 aromatic rings. The van der Waals surface area contributed by atoms with Crippen molar-refractivity contribution in [2.75, 3.05) is 0 Å². The van der Waals surface area contributed by atoms with Gasteiger partial charge in [0.1, 0.15) is 11.5 Å². The van der Waals surface area contributed by atoms with E-state index in [0.29, 0.717) is 40.4 Å². The summed E-state index contributed by atoms with van der Waals surface area (Å²) in [5, 5.41) is 0.907. The molecule has 54 heavy (non-hydrogen) atoms. The van der Waals surface area contributed by atoms with Gasteiger partial charge in [0.25, 0.3) is 0 Å². The van der Waals surface area contributed by atoms with Gasteiger partial charge >= 0.3 is 21.1 Å². The van der Waals surface area contributed by atoms with Gasteiger partial charge in [0.15, 0.2) is 0 Å². The van der Waals surface area contributed by atoms with Crippen LogP contribution in [0.15, 0.2) is 81.8 Å². The summed E-state index contributed by atoms with van der Waals surface area (Å²) in [5.74, 6) is 3.03. The fourth-order valence-corrected chi connectivity index (χ4v) is 7.07. The summed E-state index contributed by atoms with van der Waals surface area (Å²) >= 11 is 0. The number of aromatic nitrogens is 2. The Labute approximate surface area is 334 Å². The number of hydrogen-bond donors (Lipinski definition) is 0. The molecule has 0 unspecified atom stereocenters. The fourth-order valence-electron chi connectivity index (χ4n) is 7.07. The van der Waals surface area contributed by atoms with E-state index < -0.39 is 0 Å². The molecule has 0 atom stereocenters. The van der Waals surface area contributed by atoms with E-state index in [1.165, 1.54) is 22.3 Å².